The number of aliphatic hydroxyl groups is 2. The lowest BCUT2D eigenvalue weighted by molar-refractivity contribution is -0.130. The van der Waals surface area contributed by atoms with E-state index in [0.717, 1.165) is 0 Å². The van der Waals surface area contributed by atoms with Gasteiger partial charge in [0.1, 0.15) is 6.10 Å². The summed E-state index contributed by atoms with van der Waals surface area (Å²) >= 11 is 0. The fourth-order valence-electron chi connectivity index (χ4n) is 1.40. The summed E-state index contributed by atoms with van der Waals surface area (Å²) in [5.74, 6) is -0.104. The first-order chi connectivity index (χ1) is 5.04. The molecule has 0 aromatic heterocycles. The molecule has 0 bridgehead atoms. The largest absolute Gasteiger partial charge is 0.388 e. The zero-order chi connectivity index (χ0) is 8.59. The lowest BCUT2D eigenvalue weighted by Gasteiger charge is -2.19. The quantitative estimate of drug-likeness (QED) is 0.474. The molecule has 0 aromatic carbocycles. The van der Waals surface area contributed by atoms with Crippen molar-refractivity contribution in [1.82, 2.24) is 4.90 Å². The minimum Gasteiger partial charge on any atom is -0.388 e. The molecular weight excluding hydrogens is 146 g/mol. The zero-order valence-electron chi connectivity index (χ0n) is 6.69. The van der Waals surface area contributed by atoms with E-state index in [1.807, 2.05) is 0 Å². The standard InChI is InChI=1S/C7H13NO3/c1-4-7(11)6(10)3-8(4)5(2)9/h4,6-7,10-11H,3H2,1-2H3/t4-,6-,7+/m0/s1. The Kier molecular flexibility index (Phi) is 2.15. The van der Waals surface area contributed by atoms with Gasteiger partial charge in [-0.25, -0.2) is 0 Å². The van der Waals surface area contributed by atoms with Crippen LogP contribution in [0.3, 0.4) is 0 Å². The molecule has 0 unspecified atom stereocenters. The van der Waals surface area contributed by atoms with E-state index < -0.39 is 12.2 Å². The van der Waals surface area contributed by atoms with Crippen LogP contribution in [0.1, 0.15) is 13.8 Å². The van der Waals surface area contributed by atoms with Crippen molar-refractivity contribution in [2.75, 3.05) is 6.54 Å². The highest BCUT2D eigenvalue weighted by Gasteiger charge is 2.37. The average Bonchev–Trinajstić information content (AvgIpc) is 2.17. The molecule has 4 nitrogen and oxygen atoms in total. The Labute approximate surface area is 65.4 Å². The Balaban J connectivity index is 2.67. The first-order valence-corrected chi connectivity index (χ1v) is 3.67. The van der Waals surface area contributed by atoms with Crippen LogP contribution in [0.15, 0.2) is 0 Å². The van der Waals surface area contributed by atoms with Crippen molar-refractivity contribution in [3.63, 3.8) is 0 Å². The van der Waals surface area contributed by atoms with Crippen LogP contribution in [-0.2, 0) is 4.79 Å². The van der Waals surface area contributed by atoms with Gasteiger partial charge in [-0.1, -0.05) is 0 Å². The number of hydrogen-bond acceptors (Lipinski definition) is 3. The number of carbonyl (C=O) groups excluding carboxylic acids is 1. The van der Waals surface area contributed by atoms with Crippen molar-refractivity contribution in [2.45, 2.75) is 32.1 Å². The Morgan fingerprint density at radius 3 is 2.27 bits per heavy atom. The normalized spacial score (nSPS) is 37.8. The summed E-state index contributed by atoms with van der Waals surface area (Å²) in [7, 11) is 0. The van der Waals surface area contributed by atoms with Gasteiger partial charge in [0.2, 0.25) is 5.91 Å². The predicted octanol–water partition coefficient (Wildman–Crippen LogP) is -1.04. The molecule has 64 valence electrons. The van der Waals surface area contributed by atoms with Crippen molar-refractivity contribution in [3.05, 3.63) is 0 Å². The van der Waals surface area contributed by atoms with Crippen molar-refractivity contribution in [1.29, 1.82) is 0 Å². The number of aliphatic hydroxyl groups excluding tert-OH is 2. The minimum absolute atomic E-state index is 0.104. The van der Waals surface area contributed by atoms with E-state index in [4.69, 9.17) is 5.11 Å². The number of β-amino-alcohol motifs (C(OH)–C–C–N with tert-alkyl or cyclic N) is 1. The number of rotatable bonds is 0. The fraction of sp³-hybridized carbons (Fsp3) is 0.857. The lowest BCUT2D eigenvalue weighted by Crippen LogP contribution is -2.35. The maximum atomic E-state index is 10.9. The number of likely N-dealkylation sites (tertiary alicyclic amines) is 1. The highest BCUT2D eigenvalue weighted by atomic mass is 16.3. The van der Waals surface area contributed by atoms with Gasteiger partial charge < -0.3 is 15.1 Å². The summed E-state index contributed by atoms with van der Waals surface area (Å²) in [6.45, 7) is 3.40. The molecule has 3 atom stereocenters. The molecule has 1 aliphatic rings. The molecule has 1 aliphatic heterocycles. The van der Waals surface area contributed by atoms with E-state index >= 15 is 0 Å². The Morgan fingerprint density at radius 2 is 2.09 bits per heavy atom. The lowest BCUT2D eigenvalue weighted by atomic mass is 10.2. The van der Waals surface area contributed by atoms with Gasteiger partial charge in [-0.05, 0) is 6.92 Å². The first kappa shape index (κ1) is 8.49. The summed E-state index contributed by atoms with van der Waals surface area (Å²) in [4.78, 5) is 12.3. The van der Waals surface area contributed by atoms with Crippen molar-refractivity contribution in [2.24, 2.45) is 0 Å². The third-order valence-electron chi connectivity index (χ3n) is 2.17. The van der Waals surface area contributed by atoms with Gasteiger partial charge >= 0.3 is 0 Å². The minimum atomic E-state index is -0.793. The highest BCUT2D eigenvalue weighted by Crippen LogP contribution is 2.17. The molecule has 0 aromatic rings. The molecule has 2 N–H and O–H groups in total. The van der Waals surface area contributed by atoms with Gasteiger partial charge in [0.15, 0.2) is 0 Å². The Hall–Kier alpha value is -0.610. The third kappa shape index (κ3) is 1.36. The van der Waals surface area contributed by atoms with Crippen LogP contribution >= 0.6 is 0 Å². The highest BCUT2D eigenvalue weighted by molar-refractivity contribution is 5.74. The summed E-state index contributed by atoms with van der Waals surface area (Å²) in [5.41, 5.74) is 0. The van der Waals surface area contributed by atoms with Gasteiger partial charge in [0.25, 0.3) is 0 Å². The van der Waals surface area contributed by atoms with Gasteiger partial charge in [0, 0.05) is 13.5 Å². The van der Waals surface area contributed by atoms with Crippen molar-refractivity contribution < 1.29 is 15.0 Å². The SMILES string of the molecule is CC(=O)N1C[C@H](O)[C@H](O)[C@@H]1C. The van der Waals surface area contributed by atoms with Gasteiger partial charge in [-0.15, -0.1) is 0 Å². The number of amides is 1. The maximum absolute atomic E-state index is 10.9. The van der Waals surface area contributed by atoms with Crippen LogP contribution in [0.4, 0.5) is 0 Å². The molecule has 1 fully saturated rings. The molecular formula is C7H13NO3. The monoisotopic (exact) mass is 159 g/mol. The van der Waals surface area contributed by atoms with Crippen LogP contribution in [0, 0.1) is 0 Å². The number of hydrogen-bond donors (Lipinski definition) is 2. The van der Waals surface area contributed by atoms with Crippen LogP contribution in [0.2, 0.25) is 0 Å². The molecule has 0 radical (unpaired) electrons. The number of carbonyl (C=O) groups is 1. The topological polar surface area (TPSA) is 60.8 Å². The first-order valence-electron chi connectivity index (χ1n) is 3.67. The maximum Gasteiger partial charge on any atom is 0.219 e. The van der Waals surface area contributed by atoms with Crippen LogP contribution < -0.4 is 0 Å². The van der Waals surface area contributed by atoms with E-state index in [0.29, 0.717) is 0 Å². The molecule has 1 heterocycles. The van der Waals surface area contributed by atoms with E-state index in [1.54, 1.807) is 6.92 Å². The van der Waals surface area contributed by atoms with E-state index in [1.165, 1.54) is 11.8 Å². The summed E-state index contributed by atoms with van der Waals surface area (Å²) in [5, 5.41) is 18.4. The van der Waals surface area contributed by atoms with E-state index in [-0.39, 0.29) is 18.5 Å². The molecule has 1 rings (SSSR count). The van der Waals surface area contributed by atoms with Gasteiger partial charge in [0.05, 0.1) is 12.1 Å². The third-order valence-corrected chi connectivity index (χ3v) is 2.17. The molecule has 4 heteroatoms. The summed E-state index contributed by atoms with van der Waals surface area (Å²) in [6.07, 6.45) is -1.58. The second-order valence-corrected chi connectivity index (χ2v) is 2.97. The van der Waals surface area contributed by atoms with E-state index in [9.17, 15) is 9.90 Å². The molecule has 0 spiro atoms. The number of nitrogens with zero attached hydrogens (tertiary/aromatic N) is 1. The molecule has 0 aliphatic carbocycles. The average molecular weight is 159 g/mol. The van der Waals surface area contributed by atoms with Crippen molar-refractivity contribution in [3.8, 4) is 0 Å². The van der Waals surface area contributed by atoms with Gasteiger partial charge in [-0.2, -0.15) is 0 Å². The summed E-state index contributed by atoms with van der Waals surface area (Å²) in [6, 6.07) is -0.262. The molecule has 1 saturated heterocycles. The van der Waals surface area contributed by atoms with Crippen LogP contribution in [0.5, 0.6) is 0 Å². The summed E-state index contributed by atoms with van der Waals surface area (Å²) < 4.78 is 0. The smallest absolute Gasteiger partial charge is 0.219 e. The molecule has 0 saturated carbocycles. The predicted molar refractivity (Wildman–Crippen MR) is 38.9 cm³/mol. The van der Waals surface area contributed by atoms with Crippen LogP contribution in [0.25, 0.3) is 0 Å². The second kappa shape index (κ2) is 2.79. The Morgan fingerprint density at radius 1 is 1.55 bits per heavy atom. The van der Waals surface area contributed by atoms with Gasteiger partial charge in [-0.3, -0.25) is 4.79 Å². The molecule has 1 amide bonds. The fourth-order valence-corrected chi connectivity index (χ4v) is 1.40. The van der Waals surface area contributed by atoms with Crippen molar-refractivity contribution >= 4 is 5.91 Å². The molecule has 11 heavy (non-hydrogen) atoms. The zero-order valence-corrected chi connectivity index (χ0v) is 6.69. The van der Waals surface area contributed by atoms with E-state index in [2.05, 4.69) is 0 Å². The Bertz CT molecular complexity index is 171. The second-order valence-electron chi connectivity index (χ2n) is 2.97. The van der Waals surface area contributed by atoms with Crippen LogP contribution in [-0.4, -0.2) is 45.8 Å².